The molecule has 2 aliphatic rings. The molecule has 2 aromatic heterocycles. The summed E-state index contributed by atoms with van der Waals surface area (Å²) < 4.78 is 25.9. The van der Waals surface area contributed by atoms with Crippen molar-refractivity contribution >= 4 is 27.1 Å². The number of nitrogens with zero attached hydrogens (tertiary/aromatic N) is 4. The molecular weight excluding hydrogens is 476 g/mol. The quantitative estimate of drug-likeness (QED) is 0.500. The van der Waals surface area contributed by atoms with Crippen LogP contribution in [-0.4, -0.2) is 45.8 Å². The molecule has 10 heteroatoms. The van der Waals surface area contributed by atoms with Crippen molar-refractivity contribution in [3.8, 4) is 0 Å². The first kappa shape index (κ1) is 24.3. The van der Waals surface area contributed by atoms with E-state index in [0.29, 0.717) is 29.9 Å². The number of hydrogen-bond donors (Lipinski definition) is 2. The number of aromatic amines is 1. The molecule has 1 aromatic carbocycles. The van der Waals surface area contributed by atoms with Crippen LogP contribution >= 0.6 is 0 Å². The van der Waals surface area contributed by atoms with Crippen LogP contribution in [0.3, 0.4) is 0 Å². The Hall–Kier alpha value is -3.45. The number of rotatable bonds is 5. The Morgan fingerprint density at radius 1 is 1.31 bits per heavy atom. The summed E-state index contributed by atoms with van der Waals surface area (Å²) in [6.07, 6.45) is 7.09. The molecule has 0 spiro atoms. The lowest BCUT2D eigenvalue weighted by atomic mass is 9.76. The van der Waals surface area contributed by atoms with Crippen LogP contribution in [0.5, 0.6) is 0 Å². The molecule has 1 atom stereocenters. The maximum absolute atomic E-state index is 13.1. The Kier molecular flexibility index (Phi) is 6.20. The van der Waals surface area contributed by atoms with Crippen molar-refractivity contribution in [2.75, 3.05) is 16.8 Å². The normalized spacial score (nSPS) is 19.7. The average molecular weight is 507 g/mol. The largest absolute Gasteiger partial charge is 0.318 e. The topological polar surface area (TPSA) is 114 Å². The number of benzene rings is 1. The van der Waals surface area contributed by atoms with E-state index in [-0.39, 0.29) is 34.8 Å². The number of aromatic nitrogens is 4. The predicted octanol–water partition coefficient (Wildman–Crippen LogP) is 4.34. The van der Waals surface area contributed by atoms with Gasteiger partial charge in [-0.05, 0) is 49.0 Å². The molecule has 3 heterocycles. The molecule has 1 aliphatic carbocycles. The molecular formula is C26H30N6O3S. The van der Waals surface area contributed by atoms with Crippen LogP contribution in [0.1, 0.15) is 66.5 Å². The number of carbonyl (C=O) groups is 1. The lowest BCUT2D eigenvalue weighted by Crippen LogP contribution is -2.30. The third-order valence-electron chi connectivity index (χ3n) is 7.41. The fourth-order valence-electron chi connectivity index (χ4n) is 5.42. The van der Waals surface area contributed by atoms with Gasteiger partial charge >= 0.3 is 0 Å². The van der Waals surface area contributed by atoms with Gasteiger partial charge in [-0.1, -0.05) is 38.1 Å². The molecule has 0 bridgehead atoms. The van der Waals surface area contributed by atoms with E-state index in [1.165, 1.54) is 0 Å². The van der Waals surface area contributed by atoms with Crippen molar-refractivity contribution in [1.29, 1.82) is 0 Å². The highest BCUT2D eigenvalue weighted by molar-refractivity contribution is 7.91. The smallest absolute Gasteiger partial charge is 0.276 e. The zero-order valence-corrected chi connectivity index (χ0v) is 21.3. The zero-order chi connectivity index (χ0) is 25.5. The summed E-state index contributed by atoms with van der Waals surface area (Å²) in [4.78, 5) is 16.6. The number of H-pyrrole nitrogens is 1. The monoisotopic (exact) mass is 506 g/mol. The van der Waals surface area contributed by atoms with Crippen LogP contribution in [0.4, 0.5) is 11.4 Å². The third-order valence-corrected chi connectivity index (χ3v) is 9.12. The summed E-state index contributed by atoms with van der Waals surface area (Å²) in [6, 6.07) is 7.12. The highest BCUT2D eigenvalue weighted by Gasteiger charge is 2.33. The van der Waals surface area contributed by atoms with Crippen LogP contribution in [-0.2, 0) is 22.7 Å². The summed E-state index contributed by atoms with van der Waals surface area (Å²) in [5.74, 6) is 0.0485. The maximum atomic E-state index is 13.1. The highest BCUT2D eigenvalue weighted by atomic mass is 32.2. The minimum Gasteiger partial charge on any atom is -0.318 e. The predicted molar refractivity (Wildman–Crippen MR) is 137 cm³/mol. The zero-order valence-electron chi connectivity index (χ0n) is 20.5. The molecule has 1 amide bonds. The van der Waals surface area contributed by atoms with E-state index in [2.05, 4.69) is 39.3 Å². The molecule has 1 aliphatic heterocycles. The minimum atomic E-state index is -3.02. The maximum Gasteiger partial charge on any atom is 0.276 e. The lowest BCUT2D eigenvalue weighted by Gasteiger charge is -2.31. The van der Waals surface area contributed by atoms with Gasteiger partial charge in [0.2, 0.25) is 0 Å². The molecule has 0 saturated carbocycles. The number of nitrogens with one attached hydrogen (secondary N) is 2. The van der Waals surface area contributed by atoms with Crippen molar-refractivity contribution in [2.24, 2.45) is 11.3 Å². The molecule has 1 saturated heterocycles. The van der Waals surface area contributed by atoms with E-state index in [1.54, 1.807) is 23.1 Å². The van der Waals surface area contributed by atoms with Gasteiger partial charge in [-0.15, -0.1) is 0 Å². The van der Waals surface area contributed by atoms with Gasteiger partial charge in [0.15, 0.2) is 11.4 Å². The van der Waals surface area contributed by atoms with Gasteiger partial charge in [-0.25, -0.2) is 13.3 Å². The Morgan fingerprint density at radius 2 is 2.08 bits per heavy atom. The highest BCUT2D eigenvalue weighted by Crippen LogP contribution is 2.37. The van der Waals surface area contributed by atoms with Gasteiger partial charge in [0.25, 0.3) is 5.91 Å². The van der Waals surface area contributed by atoms with Crippen molar-refractivity contribution in [3.05, 3.63) is 70.6 Å². The molecule has 188 valence electrons. The Bertz CT molecular complexity index is 1430. The van der Waals surface area contributed by atoms with Crippen LogP contribution in [0, 0.1) is 17.9 Å². The molecule has 5 rings (SSSR count). The molecule has 2 N–H and O–H groups in total. The summed E-state index contributed by atoms with van der Waals surface area (Å²) >= 11 is 0. The number of anilines is 1. The van der Waals surface area contributed by atoms with Crippen LogP contribution < -0.4 is 5.32 Å². The van der Waals surface area contributed by atoms with Gasteiger partial charge in [0, 0.05) is 17.5 Å². The van der Waals surface area contributed by atoms with E-state index >= 15 is 0 Å². The number of sulfone groups is 1. The van der Waals surface area contributed by atoms with Crippen molar-refractivity contribution < 1.29 is 13.2 Å². The fourth-order valence-corrected chi connectivity index (χ4v) is 6.95. The average Bonchev–Trinajstić information content (AvgIpc) is 3.46. The Labute approximate surface area is 211 Å². The van der Waals surface area contributed by atoms with E-state index in [1.807, 2.05) is 18.2 Å². The summed E-state index contributed by atoms with van der Waals surface area (Å²) in [5, 5.41) is 14.8. The van der Waals surface area contributed by atoms with E-state index in [4.69, 9.17) is 6.57 Å². The van der Waals surface area contributed by atoms with Crippen molar-refractivity contribution in [2.45, 2.75) is 52.0 Å². The van der Waals surface area contributed by atoms with Crippen LogP contribution in [0.2, 0.25) is 0 Å². The molecule has 9 nitrogen and oxygen atoms in total. The second-order valence-electron chi connectivity index (χ2n) is 10.7. The summed E-state index contributed by atoms with van der Waals surface area (Å²) in [7, 11) is -3.02. The van der Waals surface area contributed by atoms with Gasteiger partial charge in [-0.3, -0.25) is 14.6 Å². The van der Waals surface area contributed by atoms with Crippen LogP contribution in [0.25, 0.3) is 4.85 Å². The van der Waals surface area contributed by atoms with E-state index < -0.39 is 9.84 Å². The number of hydrogen-bond acceptors (Lipinski definition) is 5. The SMILES string of the molecule is [C-]#[N+]c1cccc(C(C2CCS(=O)(=O)CC2)n2cc(NC(=O)c3n[nH]c4c3CCC(C)(C)C4)cn2)c1. The van der Waals surface area contributed by atoms with Gasteiger partial charge in [-0.2, -0.15) is 10.2 Å². The molecule has 36 heavy (non-hydrogen) atoms. The Balaban J connectivity index is 1.40. The third kappa shape index (κ3) is 4.93. The van der Waals surface area contributed by atoms with Gasteiger partial charge in [0.05, 0.1) is 36.0 Å². The Morgan fingerprint density at radius 3 is 2.83 bits per heavy atom. The number of amides is 1. The lowest BCUT2D eigenvalue weighted by molar-refractivity contribution is 0.102. The molecule has 0 radical (unpaired) electrons. The fraction of sp³-hybridized carbons (Fsp3) is 0.462. The molecule has 1 unspecified atom stereocenters. The minimum absolute atomic E-state index is 0.0414. The van der Waals surface area contributed by atoms with E-state index in [0.717, 1.165) is 36.1 Å². The first-order chi connectivity index (χ1) is 17.1. The molecule has 1 fully saturated rings. The summed E-state index contributed by atoms with van der Waals surface area (Å²) in [5.41, 5.74) is 4.59. The van der Waals surface area contributed by atoms with Gasteiger partial charge < -0.3 is 5.32 Å². The standard InChI is InChI=1S/C26H30N6O3S/c1-26(2)10-7-21-22(14-26)30-31-23(21)25(33)29-20-15-28-32(16-20)24(17-8-11-36(34,35)12-9-17)18-5-4-6-19(13-18)27-3/h4-6,13,15-17,24H,7-12,14H2,1-2H3,(H,29,33)(H,30,31). The van der Waals surface area contributed by atoms with Crippen molar-refractivity contribution in [1.82, 2.24) is 20.0 Å². The number of carbonyl (C=O) groups excluding carboxylic acids is 1. The van der Waals surface area contributed by atoms with Crippen LogP contribution in [0.15, 0.2) is 36.7 Å². The first-order valence-electron chi connectivity index (χ1n) is 12.2. The second-order valence-corrected chi connectivity index (χ2v) is 13.0. The number of fused-ring (bicyclic) bond motifs is 1. The molecule has 3 aromatic rings. The van der Waals surface area contributed by atoms with Gasteiger partial charge in [0.1, 0.15) is 9.84 Å². The summed E-state index contributed by atoms with van der Waals surface area (Å²) in [6.45, 7) is 11.8. The second kappa shape index (κ2) is 9.21. The van der Waals surface area contributed by atoms with E-state index in [9.17, 15) is 13.2 Å². The van der Waals surface area contributed by atoms with Crippen molar-refractivity contribution in [3.63, 3.8) is 0 Å². The first-order valence-corrected chi connectivity index (χ1v) is 14.1.